The minimum atomic E-state index is -5.08. The highest BCUT2D eigenvalue weighted by molar-refractivity contribution is 7.88. The minimum Gasteiger partial charge on any atom is -0.481 e. The summed E-state index contributed by atoms with van der Waals surface area (Å²) in [7, 11) is -5.08. The first-order chi connectivity index (χ1) is 11.1. The van der Waals surface area contributed by atoms with Gasteiger partial charge in [0, 0.05) is 0 Å². The first kappa shape index (κ1) is 26.0. The lowest BCUT2D eigenvalue weighted by Crippen LogP contribution is -2.55. The molecule has 2 unspecified atom stereocenters. The summed E-state index contributed by atoms with van der Waals surface area (Å²) in [4.78, 5) is 23.4. The normalized spacial score (nSPS) is 15.0. The molecule has 0 saturated heterocycles. The molecule has 0 aromatic heterocycles. The van der Waals surface area contributed by atoms with E-state index in [1.807, 2.05) is 13.8 Å². The van der Waals surface area contributed by atoms with Gasteiger partial charge in [-0.05, 0) is 12.8 Å². The fraction of sp³-hybridized carbons (Fsp3) is 0.875. The molecule has 0 aromatic carbocycles. The van der Waals surface area contributed by atoms with Crippen LogP contribution in [-0.2, 0) is 19.7 Å². The summed E-state index contributed by atoms with van der Waals surface area (Å²) in [6, 6.07) is 0. The molecule has 0 spiro atoms. The van der Waals surface area contributed by atoms with Crippen molar-refractivity contribution in [1.82, 2.24) is 6.15 Å². The second-order valence-corrected chi connectivity index (χ2v) is 7.90. The maximum Gasteiger partial charge on any atom is 0.328 e. The van der Waals surface area contributed by atoms with E-state index in [4.69, 9.17) is 0 Å². The molecule has 0 saturated carbocycles. The Hall–Kier alpha value is -1.19. The van der Waals surface area contributed by atoms with Crippen LogP contribution in [0.25, 0.3) is 0 Å². The molecule has 8 nitrogen and oxygen atoms in total. The van der Waals surface area contributed by atoms with Crippen LogP contribution in [0.15, 0.2) is 0 Å². The smallest absolute Gasteiger partial charge is 0.328 e. The second kappa shape index (κ2) is 12.2. The average Bonchev–Trinajstić information content (AvgIpc) is 2.46. The van der Waals surface area contributed by atoms with Gasteiger partial charge in [-0.1, -0.05) is 65.2 Å². The van der Waals surface area contributed by atoms with Crippen LogP contribution in [0.1, 0.15) is 78.1 Å². The Kier molecular flexibility index (Phi) is 12.7. The first-order valence-electron chi connectivity index (χ1n) is 8.58. The third kappa shape index (κ3) is 7.29. The summed E-state index contributed by atoms with van der Waals surface area (Å²) in [6.07, 6.45) is 4.86. The molecule has 0 bridgehead atoms. The zero-order chi connectivity index (χ0) is 18.8. The largest absolute Gasteiger partial charge is 0.481 e. The Bertz CT molecular complexity index is 507. The quantitative estimate of drug-likeness (QED) is 0.261. The molecular formula is C16H33NO7S. The van der Waals surface area contributed by atoms with Crippen LogP contribution in [-0.4, -0.2) is 39.9 Å². The van der Waals surface area contributed by atoms with Gasteiger partial charge in [0.05, 0.1) is 5.92 Å². The maximum atomic E-state index is 11.9. The fourth-order valence-corrected chi connectivity index (χ4v) is 4.20. The van der Waals surface area contributed by atoms with Crippen LogP contribution in [0.2, 0.25) is 0 Å². The molecular weight excluding hydrogens is 350 g/mol. The first-order valence-corrected chi connectivity index (χ1v) is 10.0. The number of aliphatic carboxylic acids is 2. The molecule has 0 heterocycles. The Balaban J connectivity index is 0. The Morgan fingerprint density at radius 2 is 1.40 bits per heavy atom. The number of carbonyl (C=O) groups is 2. The van der Waals surface area contributed by atoms with E-state index in [-0.39, 0.29) is 19.0 Å². The Labute approximate surface area is 150 Å². The average molecular weight is 384 g/mol. The highest BCUT2D eigenvalue weighted by Crippen LogP contribution is 2.36. The van der Waals surface area contributed by atoms with Crippen LogP contribution in [0.5, 0.6) is 0 Å². The summed E-state index contributed by atoms with van der Waals surface area (Å²) in [6.45, 7) is 3.92. The van der Waals surface area contributed by atoms with Gasteiger partial charge < -0.3 is 16.4 Å². The topological polar surface area (TPSA) is 164 Å². The highest BCUT2D eigenvalue weighted by atomic mass is 32.2. The minimum absolute atomic E-state index is 0. The number of unbranched alkanes of at least 4 members (excludes halogenated alkanes) is 6. The fourth-order valence-electron chi connectivity index (χ4n) is 3.00. The van der Waals surface area contributed by atoms with Crippen molar-refractivity contribution < 1.29 is 32.8 Å². The molecule has 0 aliphatic rings. The van der Waals surface area contributed by atoms with Gasteiger partial charge >= 0.3 is 11.9 Å². The zero-order valence-corrected chi connectivity index (χ0v) is 16.1. The van der Waals surface area contributed by atoms with Crippen LogP contribution in [0.3, 0.4) is 0 Å². The molecule has 9 heteroatoms. The molecule has 0 rings (SSSR count). The van der Waals surface area contributed by atoms with Gasteiger partial charge in [0.2, 0.25) is 4.75 Å². The molecule has 2 atom stereocenters. The summed E-state index contributed by atoms with van der Waals surface area (Å²) >= 11 is 0. The summed E-state index contributed by atoms with van der Waals surface area (Å²) in [5.41, 5.74) is 0. The van der Waals surface area contributed by atoms with Crippen molar-refractivity contribution in [2.45, 2.75) is 82.8 Å². The van der Waals surface area contributed by atoms with Crippen molar-refractivity contribution >= 4 is 22.1 Å². The molecule has 0 amide bonds. The van der Waals surface area contributed by atoms with Gasteiger partial charge in [-0.15, -0.1) is 0 Å². The van der Waals surface area contributed by atoms with E-state index in [1.54, 1.807) is 0 Å². The van der Waals surface area contributed by atoms with E-state index in [2.05, 4.69) is 0 Å². The van der Waals surface area contributed by atoms with Gasteiger partial charge in [0.1, 0.15) is 0 Å². The third-order valence-electron chi connectivity index (χ3n) is 4.43. The second-order valence-electron chi connectivity index (χ2n) is 6.22. The number of hydrogen-bond donors (Lipinski definition) is 4. The SMILES string of the molecule is CCCCCCC(C(=O)O)C(CCCCCC)(C(=O)O)S(=O)(=O)O.N. The van der Waals surface area contributed by atoms with Gasteiger partial charge in [-0.2, -0.15) is 8.42 Å². The lowest BCUT2D eigenvalue weighted by molar-refractivity contribution is -0.152. The number of rotatable bonds is 14. The maximum absolute atomic E-state index is 11.9. The van der Waals surface area contributed by atoms with E-state index >= 15 is 0 Å². The van der Waals surface area contributed by atoms with Crippen LogP contribution >= 0.6 is 0 Å². The van der Waals surface area contributed by atoms with Gasteiger partial charge in [-0.25, -0.2) is 0 Å². The monoisotopic (exact) mass is 383 g/mol. The molecule has 6 N–H and O–H groups in total. The van der Waals surface area contributed by atoms with Crippen molar-refractivity contribution in [2.75, 3.05) is 0 Å². The lowest BCUT2D eigenvalue weighted by atomic mass is 9.83. The third-order valence-corrected chi connectivity index (χ3v) is 6.02. The van der Waals surface area contributed by atoms with Crippen molar-refractivity contribution in [3.05, 3.63) is 0 Å². The van der Waals surface area contributed by atoms with Crippen molar-refractivity contribution in [3.63, 3.8) is 0 Å². The van der Waals surface area contributed by atoms with Gasteiger partial charge in [0.15, 0.2) is 0 Å². The van der Waals surface area contributed by atoms with E-state index in [0.29, 0.717) is 19.3 Å². The van der Waals surface area contributed by atoms with Crippen LogP contribution in [0, 0.1) is 5.92 Å². The zero-order valence-electron chi connectivity index (χ0n) is 15.2. The predicted molar refractivity (Wildman–Crippen MR) is 95.6 cm³/mol. The van der Waals surface area contributed by atoms with E-state index in [0.717, 1.165) is 25.7 Å². The standard InChI is InChI=1S/C16H30O7S.H3N/c1-3-5-7-9-11-13(14(17)18)16(15(19)20,24(21,22)23)12-10-8-6-4-2;/h13H,3-12H2,1-2H3,(H,17,18)(H,19,20)(H,21,22,23);1H3. The number of hydrogen-bond acceptors (Lipinski definition) is 5. The van der Waals surface area contributed by atoms with Crippen molar-refractivity contribution in [2.24, 2.45) is 5.92 Å². The molecule has 0 fully saturated rings. The van der Waals surface area contributed by atoms with Crippen molar-refractivity contribution in [3.8, 4) is 0 Å². The Morgan fingerprint density at radius 3 is 1.76 bits per heavy atom. The summed E-state index contributed by atoms with van der Waals surface area (Å²) in [5, 5.41) is 19.0. The van der Waals surface area contributed by atoms with Crippen LogP contribution in [0.4, 0.5) is 0 Å². The molecule has 0 aliphatic carbocycles. The molecule has 0 radical (unpaired) electrons. The number of carboxylic acid groups (broad SMARTS) is 2. The summed E-state index contributed by atoms with van der Waals surface area (Å²) < 4.78 is 30.7. The highest BCUT2D eigenvalue weighted by Gasteiger charge is 2.58. The molecule has 0 aromatic rings. The summed E-state index contributed by atoms with van der Waals surface area (Å²) in [5.74, 6) is -4.95. The van der Waals surface area contributed by atoms with E-state index < -0.39 is 39.1 Å². The Morgan fingerprint density at radius 1 is 0.920 bits per heavy atom. The molecule has 0 aliphatic heterocycles. The molecule has 150 valence electrons. The van der Waals surface area contributed by atoms with Crippen molar-refractivity contribution in [1.29, 1.82) is 0 Å². The predicted octanol–water partition coefficient (Wildman–Crippen LogP) is 3.50. The van der Waals surface area contributed by atoms with Gasteiger partial charge in [-0.3, -0.25) is 14.1 Å². The van der Waals surface area contributed by atoms with E-state index in [9.17, 15) is 32.8 Å². The lowest BCUT2D eigenvalue weighted by Gasteiger charge is -2.32. The molecule has 25 heavy (non-hydrogen) atoms. The van der Waals surface area contributed by atoms with Crippen LogP contribution < -0.4 is 6.15 Å². The van der Waals surface area contributed by atoms with Gasteiger partial charge in [0.25, 0.3) is 10.1 Å². The van der Waals surface area contributed by atoms with E-state index in [1.165, 1.54) is 0 Å². The number of carboxylic acids is 2.